The van der Waals surface area contributed by atoms with Crippen LogP contribution in [0.2, 0.25) is 0 Å². The van der Waals surface area contributed by atoms with E-state index < -0.39 is 36.4 Å². The van der Waals surface area contributed by atoms with Crippen molar-refractivity contribution in [3.63, 3.8) is 0 Å². The van der Waals surface area contributed by atoms with Crippen molar-refractivity contribution in [1.82, 2.24) is 0 Å². The maximum Gasteiger partial charge on any atom is 1.00 e. The summed E-state index contributed by atoms with van der Waals surface area (Å²) in [5.41, 5.74) is -2.85. The fourth-order valence-electron chi connectivity index (χ4n) is 0.707. The molecule has 82 valence electrons. The molecule has 0 aliphatic carbocycles. The normalized spacial score (nSPS) is 9.40. The smallest absolute Gasteiger partial charge is 0.547 e. The summed E-state index contributed by atoms with van der Waals surface area (Å²) in [4.78, 5) is 30.3. The molecule has 9 heteroatoms. The van der Waals surface area contributed by atoms with Gasteiger partial charge in [0.05, 0.1) is 18.8 Å². The number of hydrogen-bond acceptors (Lipinski definition) is 5. The first kappa shape index (κ1) is 20.2. The quantitative estimate of drug-likeness (QED) is 0.326. The number of carbonyl (C=O) groups excluding carboxylic acids is 1. The van der Waals surface area contributed by atoms with E-state index >= 15 is 0 Å². The van der Waals surface area contributed by atoms with Gasteiger partial charge in [-0.05, 0) is 0 Å². The Labute approximate surface area is 110 Å². The molecule has 0 aliphatic heterocycles. The van der Waals surface area contributed by atoms with Gasteiger partial charge in [-0.25, -0.2) is 0 Å². The summed E-state index contributed by atoms with van der Waals surface area (Å²) in [6.45, 7) is 0. The van der Waals surface area contributed by atoms with E-state index in [2.05, 4.69) is 0 Å². The minimum atomic E-state index is -2.85. The van der Waals surface area contributed by atoms with Crippen LogP contribution in [0.5, 0.6) is 0 Å². The van der Waals surface area contributed by atoms with Gasteiger partial charge in [0.15, 0.2) is 0 Å². The van der Waals surface area contributed by atoms with E-state index in [0.717, 1.165) is 0 Å². The Morgan fingerprint density at radius 3 is 1.47 bits per heavy atom. The van der Waals surface area contributed by atoms with Crippen LogP contribution in [0.25, 0.3) is 0 Å². The topological polar surface area (TPSA) is 135 Å². The zero-order valence-corrected chi connectivity index (χ0v) is 11.5. The van der Waals surface area contributed by atoms with Gasteiger partial charge in [-0.2, -0.15) is 9.90 Å². The minimum absolute atomic E-state index is 0. The zero-order valence-electron chi connectivity index (χ0n) is 8.10. The molecule has 7 nitrogen and oxygen atoms in total. The van der Waals surface area contributed by atoms with Gasteiger partial charge in [-0.1, -0.05) is 0 Å². The van der Waals surface area contributed by atoms with Crippen molar-refractivity contribution in [3.05, 3.63) is 0 Å². The monoisotopic (exact) mass is 248 g/mol. The number of carboxylic acid groups (broad SMARTS) is 3. The molecule has 0 heterocycles. The molecule has 3 N–H and O–H groups in total. The maximum absolute atomic E-state index is 10.2. The van der Waals surface area contributed by atoms with Crippen molar-refractivity contribution in [2.45, 2.75) is 18.4 Å². The fourth-order valence-corrected chi connectivity index (χ4v) is 0.707. The number of hydrogen-bond donors (Lipinski definition) is 3. The Hall–Kier alpha value is -0.200. The van der Waals surface area contributed by atoms with E-state index in [9.17, 15) is 19.5 Å². The molecule has 0 aromatic rings. The molecular weight excluding hydrogens is 238 g/mol. The minimum Gasteiger partial charge on any atom is -0.547 e. The summed E-state index contributed by atoms with van der Waals surface area (Å²) in [6, 6.07) is 0. The average molecular weight is 248 g/mol. The SMILES string of the molecule is O=C(O)CC(O)(CC(=O)O)C(=O)[O-].P.[Na+]. The third kappa shape index (κ3) is 7.70. The van der Waals surface area contributed by atoms with Crippen molar-refractivity contribution < 1.29 is 64.4 Å². The maximum atomic E-state index is 10.2. The molecule has 0 spiro atoms. The van der Waals surface area contributed by atoms with E-state index in [1.54, 1.807) is 0 Å². The van der Waals surface area contributed by atoms with E-state index in [1.807, 2.05) is 0 Å². The zero-order chi connectivity index (χ0) is 10.6. The van der Waals surface area contributed by atoms with Crippen molar-refractivity contribution in [2.24, 2.45) is 0 Å². The van der Waals surface area contributed by atoms with Crippen LogP contribution in [0.15, 0.2) is 0 Å². The van der Waals surface area contributed by atoms with Crippen LogP contribution < -0.4 is 34.7 Å². The van der Waals surface area contributed by atoms with Crippen LogP contribution in [0.4, 0.5) is 0 Å². The van der Waals surface area contributed by atoms with Crippen LogP contribution in [0, 0.1) is 0 Å². The van der Waals surface area contributed by atoms with Crippen molar-refractivity contribution in [1.29, 1.82) is 0 Å². The van der Waals surface area contributed by atoms with Gasteiger partial charge in [-0.3, -0.25) is 9.59 Å². The first-order valence-electron chi connectivity index (χ1n) is 3.15. The predicted octanol–water partition coefficient (Wildman–Crippen LogP) is -5.52. The molecule has 0 saturated carbocycles. The molecular formula is C6H10NaO7P. The van der Waals surface area contributed by atoms with E-state index in [1.165, 1.54) is 0 Å². The molecule has 0 aromatic heterocycles. The largest absolute Gasteiger partial charge is 1.00 e. The van der Waals surface area contributed by atoms with Gasteiger partial charge in [0.1, 0.15) is 5.60 Å². The standard InChI is InChI=1S/C6H8O7.Na.H3P/c7-3(8)1-6(13,5(11)12)2-4(9)10;;/h13H,1-2H2,(H,7,8)(H,9,10)(H,11,12);;1H3/q;+1;/p-1. The van der Waals surface area contributed by atoms with Gasteiger partial charge < -0.3 is 25.2 Å². The van der Waals surface area contributed by atoms with Crippen molar-refractivity contribution >= 4 is 27.8 Å². The Balaban J connectivity index is -0.000000720. The van der Waals surface area contributed by atoms with Gasteiger partial charge >= 0.3 is 41.5 Å². The average Bonchev–Trinajstić information content (AvgIpc) is 1.82. The van der Waals surface area contributed by atoms with Gasteiger partial charge in [0.25, 0.3) is 0 Å². The second kappa shape index (κ2) is 8.01. The number of carbonyl (C=O) groups is 3. The molecule has 15 heavy (non-hydrogen) atoms. The number of aliphatic carboxylic acids is 3. The Kier molecular flexibility index (Phi) is 10.8. The molecule has 1 atom stereocenters. The fraction of sp³-hybridized carbons (Fsp3) is 0.500. The summed E-state index contributed by atoms with van der Waals surface area (Å²) in [5, 5.41) is 35.5. The first-order chi connectivity index (χ1) is 5.78. The number of carboxylic acids is 3. The summed E-state index contributed by atoms with van der Waals surface area (Å²) < 4.78 is 0. The summed E-state index contributed by atoms with van der Waals surface area (Å²) in [6.07, 6.45) is -2.41. The van der Waals surface area contributed by atoms with Crippen LogP contribution in [0.1, 0.15) is 12.8 Å². The Morgan fingerprint density at radius 1 is 1.07 bits per heavy atom. The van der Waals surface area contributed by atoms with Gasteiger partial charge in [0.2, 0.25) is 0 Å². The Morgan fingerprint density at radius 2 is 1.33 bits per heavy atom. The van der Waals surface area contributed by atoms with Crippen molar-refractivity contribution in [3.8, 4) is 0 Å². The molecule has 0 radical (unpaired) electrons. The second-order valence-electron chi connectivity index (χ2n) is 2.46. The van der Waals surface area contributed by atoms with Crippen LogP contribution >= 0.6 is 9.90 Å². The van der Waals surface area contributed by atoms with Crippen LogP contribution in [-0.4, -0.2) is 38.8 Å². The third-order valence-corrected chi connectivity index (χ3v) is 1.27. The van der Waals surface area contributed by atoms with E-state index in [-0.39, 0.29) is 39.5 Å². The van der Waals surface area contributed by atoms with Crippen molar-refractivity contribution in [2.75, 3.05) is 0 Å². The molecule has 0 saturated heterocycles. The van der Waals surface area contributed by atoms with Gasteiger partial charge in [0, 0.05) is 0 Å². The van der Waals surface area contributed by atoms with Crippen LogP contribution in [-0.2, 0) is 14.4 Å². The van der Waals surface area contributed by atoms with E-state index in [0.29, 0.717) is 0 Å². The molecule has 0 bridgehead atoms. The summed E-state index contributed by atoms with van der Waals surface area (Å²) in [5.74, 6) is -5.35. The number of aliphatic hydroxyl groups is 1. The molecule has 0 aromatic carbocycles. The van der Waals surface area contributed by atoms with Crippen LogP contribution in [0.3, 0.4) is 0 Å². The summed E-state index contributed by atoms with van der Waals surface area (Å²) >= 11 is 0. The molecule has 0 aliphatic rings. The van der Waals surface area contributed by atoms with E-state index in [4.69, 9.17) is 15.3 Å². The molecule has 0 amide bonds. The predicted molar refractivity (Wildman–Crippen MR) is 45.6 cm³/mol. The third-order valence-electron chi connectivity index (χ3n) is 1.27. The Bertz CT molecular complexity index is 238. The second-order valence-corrected chi connectivity index (χ2v) is 2.46. The van der Waals surface area contributed by atoms with Gasteiger partial charge in [-0.15, -0.1) is 0 Å². The first-order valence-corrected chi connectivity index (χ1v) is 3.15. The summed E-state index contributed by atoms with van der Waals surface area (Å²) in [7, 11) is 0. The molecule has 0 rings (SSSR count). The molecule has 1 unspecified atom stereocenters. The number of rotatable bonds is 5. The molecule has 0 fully saturated rings.